The summed E-state index contributed by atoms with van der Waals surface area (Å²) in [5, 5.41) is 4.76. The van der Waals surface area contributed by atoms with Crippen molar-refractivity contribution < 1.29 is 9.59 Å². The summed E-state index contributed by atoms with van der Waals surface area (Å²) in [4.78, 5) is 20.6. The number of rotatable bonds is 0. The zero-order chi connectivity index (χ0) is 18.0. The number of allylic oxidation sites excluding steroid dienone is 4. The summed E-state index contributed by atoms with van der Waals surface area (Å²) in [6.07, 6.45) is 5.01. The van der Waals surface area contributed by atoms with E-state index in [1.807, 2.05) is 6.92 Å². The lowest BCUT2D eigenvalue weighted by atomic mass is 10.0. The highest BCUT2D eigenvalue weighted by Gasteiger charge is 2.07. The number of benzene rings is 3. The van der Waals surface area contributed by atoms with Crippen molar-refractivity contribution in [1.29, 1.82) is 0 Å². The van der Waals surface area contributed by atoms with Crippen LogP contribution in [-0.4, -0.2) is 11.6 Å². The number of aryl methyl sites for hydroxylation is 1. The lowest BCUT2D eigenvalue weighted by molar-refractivity contribution is -0.113. The highest BCUT2D eigenvalue weighted by molar-refractivity contribution is 9.10. The van der Waals surface area contributed by atoms with Gasteiger partial charge in [0, 0.05) is 15.5 Å². The lowest BCUT2D eigenvalue weighted by Gasteiger charge is -2.09. The van der Waals surface area contributed by atoms with Crippen LogP contribution >= 0.6 is 15.9 Å². The molecule has 1 aliphatic carbocycles. The molecular formula is C21H16BrNO2. The van der Waals surface area contributed by atoms with Gasteiger partial charge >= 0.3 is 0 Å². The Morgan fingerprint density at radius 3 is 1.80 bits per heavy atom. The molecule has 0 fully saturated rings. The minimum atomic E-state index is -0.121. The van der Waals surface area contributed by atoms with Gasteiger partial charge < -0.3 is 5.73 Å². The molecule has 1 aliphatic rings. The number of fused-ring (bicyclic) bond motifs is 2. The van der Waals surface area contributed by atoms with Gasteiger partial charge in [0.15, 0.2) is 11.6 Å². The molecule has 25 heavy (non-hydrogen) atoms. The van der Waals surface area contributed by atoms with Crippen LogP contribution in [0.3, 0.4) is 0 Å². The maximum Gasteiger partial charge on any atom is 0.178 e. The van der Waals surface area contributed by atoms with Crippen molar-refractivity contribution in [3.63, 3.8) is 0 Å². The van der Waals surface area contributed by atoms with Crippen LogP contribution in [0.1, 0.15) is 5.56 Å². The molecule has 0 saturated heterocycles. The van der Waals surface area contributed by atoms with E-state index < -0.39 is 0 Å². The second-order valence-corrected chi connectivity index (χ2v) is 6.66. The maximum absolute atomic E-state index is 10.3. The van der Waals surface area contributed by atoms with Crippen LogP contribution in [0.4, 0.5) is 5.69 Å². The van der Waals surface area contributed by atoms with E-state index in [1.54, 1.807) is 0 Å². The minimum Gasteiger partial charge on any atom is -0.398 e. The van der Waals surface area contributed by atoms with Crippen LogP contribution in [0.15, 0.2) is 71.2 Å². The van der Waals surface area contributed by atoms with E-state index in [-0.39, 0.29) is 11.6 Å². The van der Waals surface area contributed by atoms with Gasteiger partial charge in [-0.1, -0.05) is 40.2 Å². The van der Waals surface area contributed by atoms with Crippen LogP contribution in [0.2, 0.25) is 0 Å². The smallest absolute Gasteiger partial charge is 0.178 e. The van der Waals surface area contributed by atoms with E-state index in [9.17, 15) is 9.59 Å². The number of anilines is 1. The first-order chi connectivity index (χ1) is 12.0. The van der Waals surface area contributed by atoms with Gasteiger partial charge in [-0.25, -0.2) is 0 Å². The second-order valence-electron chi connectivity index (χ2n) is 5.81. The molecule has 3 aromatic rings. The summed E-state index contributed by atoms with van der Waals surface area (Å²) in [6, 6.07) is 14.8. The first-order valence-electron chi connectivity index (χ1n) is 7.77. The molecule has 0 bridgehead atoms. The first kappa shape index (κ1) is 17.1. The molecule has 0 radical (unpaired) electrons. The minimum absolute atomic E-state index is 0.121. The Kier molecular flexibility index (Phi) is 4.81. The molecule has 124 valence electrons. The number of halogens is 1. The van der Waals surface area contributed by atoms with E-state index in [1.165, 1.54) is 40.5 Å². The van der Waals surface area contributed by atoms with Gasteiger partial charge in [-0.05, 0) is 71.1 Å². The van der Waals surface area contributed by atoms with Gasteiger partial charge in [0.1, 0.15) is 0 Å². The Hall–Kier alpha value is -2.72. The fraction of sp³-hybridized carbons (Fsp3) is 0.0476. The monoisotopic (exact) mass is 393 g/mol. The molecule has 0 unspecified atom stereocenters. The normalized spacial score (nSPS) is 13.2. The van der Waals surface area contributed by atoms with Gasteiger partial charge in [-0.15, -0.1) is 0 Å². The van der Waals surface area contributed by atoms with E-state index in [2.05, 4.69) is 58.4 Å². The molecule has 0 aliphatic heterocycles. The Bertz CT molecular complexity index is 1030. The molecule has 4 rings (SSSR count). The molecule has 4 heteroatoms. The van der Waals surface area contributed by atoms with Gasteiger partial charge in [-0.2, -0.15) is 0 Å². The largest absolute Gasteiger partial charge is 0.398 e. The van der Waals surface area contributed by atoms with Crippen molar-refractivity contribution in [1.82, 2.24) is 0 Å². The van der Waals surface area contributed by atoms with Gasteiger partial charge in [-0.3, -0.25) is 9.59 Å². The van der Waals surface area contributed by atoms with Gasteiger partial charge in [0.05, 0.1) is 0 Å². The highest BCUT2D eigenvalue weighted by atomic mass is 79.9. The third-order valence-electron chi connectivity index (χ3n) is 4.03. The van der Waals surface area contributed by atoms with Crippen LogP contribution in [0.5, 0.6) is 0 Å². The highest BCUT2D eigenvalue weighted by Crippen LogP contribution is 2.34. The summed E-state index contributed by atoms with van der Waals surface area (Å²) >= 11 is 3.61. The number of nitrogen functional groups attached to an aromatic ring is 1. The summed E-state index contributed by atoms with van der Waals surface area (Å²) in [5.74, 6) is -0.241. The van der Waals surface area contributed by atoms with Crippen molar-refractivity contribution in [2.75, 3.05) is 5.73 Å². The number of carbonyl (C=O) groups is 2. The maximum atomic E-state index is 10.3. The topological polar surface area (TPSA) is 60.2 Å². The standard InChI is InChI=1S/C15H12BrN.C6H4O2/c1-9-6-14(16)12-7-10-4-2-3-5-11(10)8-13(12)15(9)17;7-5-1-2-6(8)4-3-5/h2-8H,17H2,1H3;1-4H. The van der Waals surface area contributed by atoms with Crippen molar-refractivity contribution in [2.45, 2.75) is 6.92 Å². The molecule has 0 heterocycles. The summed E-state index contributed by atoms with van der Waals surface area (Å²) in [6.45, 7) is 2.04. The molecule has 2 N–H and O–H groups in total. The Labute approximate surface area is 154 Å². The van der Waals surface area contributed by atoms with Gasteiger partial charge in [0.25, 0.3) is 0 Å². The number of hydrogen-bond donors (Lipinski definition) is 1. The molecule has 3 nitrogen and oxygen atoms in total. The van der Waals surface area contributed by atoms with E-state index in [4.69, 9.17) is 5.73 Å². The third kappa shape index (κ3) is 3.69. The third-order valence-corrected chi connectivity index (χ3v) is 4.68. The summed E-state index contributed by atoms with van der Waals surface area (Å²) in [7, 11) is 0. The molecule has 0 saturated carbocycles. The predicted octanol–water partition coefficient (Wildman–Crippen LogP) is 4.90. The van der Waals surface area contributed by atoms with Gasteiger partial charge in [0.2, 0.25) is 0 Å². The fourth-order valence-electron chi connectivity index (χ4n) is 2.66. The average Bonchev–Trinajstić information content (AvgIpc) is 2.62. The molecule has 0 atom stereocenters. The summed E-state index contributed by atoms with van der Waals surface area (Å²) in [5.41, 5.74) is 8.14. The van der Waals surface area contributed by atoms with Crippen LogP contribution < -0.4 is 5.73 Å². The van der Waals surface area contributed by atoms with Crippen molar-refractivity contribution in [3.8, 4) is 0 Å². The Morgan fingerprint density at radius 1 is 0.800 bits per heavy atom. The van der Waals surface area contributed by atoms with E-state index >= 15 is 0 Å². The van der Waals surface area contributed by atoms with Crippen molar-refractivity contribution in [2.24, 2.45) is 0 Å². The predicted molar refractivity (Wildman–Crippen MR) is 107 cm³/mol. The Morgan fingerprint density at radius 2 is 1.28 bits per heavy atom. The number of carbonyl (C=O) groups excluding carboxylic acids is 2. The second kappa shape index (κ2) is 7.03. The van der Waals surface area contributed by atoms with E-state index in [0.717, 1.165) is 21.1 Å². The first-order valence-corrected chi connectivity index (χ1v) is 8.56. The number of nitrogens with two attached hydrogens (primary N) is 1. The average molecular weight is 394 g/mol. The number of ketones is 2. The molecular weight excluding hydrogens is 378 g/mol. The lowest BCUT2D eigenvalue weighted by Crippen LogP contribution is -1.97. The van der Waals surface area contributed by atoms with Crippen LogP contribution in [0, 0.1) is 6.92 Å². The van der Waals surface area contributed by atoms with Crippen LogP contribution in [-0.2, 0) is 9.59 Å². The molecule has 0 spiro atoms. The molecule has 0 amide bonds. The van der Waals surface area contributed by atoms with E-state index in [0.29, 0.717) is 0 Å². The fourth-order valence-corrected chi connectivity index (χ4v) is 3.33. The zero-order valence-corrected chi connectivity index (χ0v) is 15.2. The number of hydrogen-bond acceptors (Lipinski definition) is 3. The quantitative estimate of drug-likeness (QED) is 0.335. The van der Waals surface area contributed by atoms with Crippen molar-refractivity contribution >= 4 is 54.7 Å². The Balaban J connectivity index is 0.000000192. The molecule has 3 aromatic carbocycles. The SMILES string of the molecule is Cc1cc(Br)c2cc3ccccc3cc2c1N.O=C1C=CC(=O)C=C1. The van der Waals surface area contributed by atoms with Crippen molar-refractivity contribution in [3.05, 3.63) is 76.8 Å². The van der Waals surface area contributed by atoms with Crippen LogP contribution in [0.25, 0.3) is 21.5 Å². The summed E-state index contributed by atoms with van der Waals surface area (Å²) < 4.78 is 1.10. The zero-order valence-electron chi connectivity index (χ0n) is 13.6. The molecule has 0 aromatic heterocycles.